The topological polar surface area (TPSA) is 55.5 Å². The van der Waals surface area contributed by atoms with E-state index in [1.54, 1.807) is 12.1 Å². The second kappa shape index (κ2) is 7.20. The number of hydrogen-bond acceptors (Lipinski definition) is 4. The first kappa shape index (κ1) is 16.6. The molecule has 4 rings (SSSR count). The van der Waals surface area contributed by atoms with E-state index in [9.17, 15) is 0 Å². The van der Waals surface area contributed by atoms with E-state index in [-0.39, 0.29) is 6.61 Å². The van der Waals surface area contributed by atoms with Crippen molar-refractivity contribution in [1.82, 2.24) is 4.98 Å². The number of nitrogens with zero attached hydrogens (tertiary/aromatic N) is 1. The van der Waals surface area contributed by atoms with E-state index in [0.717, 1.165) is 16.6 Å². The van der Waals surface area contributed by atoms with E-state index in [2.05, 4.69) is 4.98 Å². The fraction of sp³-hybridized carbons (Fsp3) is 0.0952. The molecular formula is C21H16ClNO3. The molecule has 0 amide bonds. The molecular weight excluding hydrogens is 350 g/mol. The number of aliphatic hydroxyl groups excluding tert-OH is 1. The van der Waals surface area contributed by atoms with Gasteiger partial charge in [0.15, 0.2) is 5.58 Å². The second-order valence-corrected chi connectivity index (χ2v) is 6.31. The van der Waals surface area contributed by atoms with Crippen LogP contribution in [0, 0.1) is 0 Å². The highest BCUT2D eigenvalue weighted by Crippen LogP contribution is 2.29. The molecule has 0 bridgehead atoms. The van der Waals surface area contributed by atoms with Crippen LogP contribution in [0.5, 0.6) is 11.5 Å². The van der Waals surface area contributed by atoms with E-state index in [1.165, 1.54) is 0 Å². The summed E-state index contributed by atoms with van der Waals surface area (Å²) in [5.41, 5.74) is 3.39. The van der Waals surface area contributed by atoms with Crippen LogP contribution in [-0.4, -0.2) is 16.7 Å². The number of hydrogen-bond donors (Lipinski definition) is 1. The SMILES string of the molecule is OCCc1ccc(-c2nc3ccc(Oc4ccc(Cl)cc4)cc3o2)cc1. The lowest BCUT2D eigenvalue weighted by Crippen LogP contribution is -1.89. The molecule has 130 valence electrons. The molecule has 0 atom stereocenters. The number of fused-ring (bicyclic) bond motifs is 1. The minimum Gasteiger partial charge on any atom is -0.457 e. The highest BCUT2D eigenvalue weighted by Gasteiger charge is 2.10. The van der Waals surface area contributed by atoms with Crippen LogP contribution >= 0.6 is 11.6 Å². The number of oxazole rings is 1. The first-order valence-electron chi connectivity index (χ1n) is 8.25. The first-order chi connectivity index (χ1) is 12.7. The van der Waals surface area contributed by atoms with E-state index >= 15 is 0 Å². The summed E-state index contributed by atoms with van der Waals surface area (Å²) in [5.74, 6) is 1.92. The number of rotatable bonds is 5. The Morgan fingerprint density at radius 2 is 1.65 bits per heavy atom. The van der Waals surface area contributed by atoms with Crippen molar-refractivity contribution in [2.45, 2.75) is 6.42 Å². The smallest absolute Gasteiger partial charge is 0.227 e. The molecule has 0 radical (unpaired) electrons. The van der Waals surface area contributed by atoms with Crippen molar-refractivity contribution in [3.8, 4) is 23.0 Å². The van der Waals surface area contributed by atoms with Crippen molar-refractivity contribution in [3.63, 3.8) is 0 Å². The molecule has 0 aliphatic rings. The summed E-state index contributed by atoms with van der Waals surface area (Å²) in [4.78, 5) is 4.53. The zero-order valence-corrected chi connectivity index (χ0v) is 14.6. The van der Waals surface area contributed by atoms with Gasteiger partial charge >= 0.3 is 0 Å². The van der Waals surface area contributed by atoms with Gasteiger partial charge in [0.05, 0.1) is 0 Å². The second-order valence-electron chi connectivity index (χ2n) is 5.88. The van der Waals surface area contributed by atoms with Crippen LogP contribution in [0.4, 0.5) is 0 Å². The predicted molar refractivity (Wildman–Crippen MR) is 102 cm³/mol. The quantitative estimate of drug-likeness (QED) is 0.509. The van der Waals surface area contributed by atoms with Crippen molar-refractivity contribution in [2.75, 3.05) is 6.61 Å². The Balaban J connectivity index is 1.60. The maximum Gasteiger partial charge on any atom is 0.227 e. The summed E-state index contributed by atoms with van der Waals surface area (Å²) in [6.45, 7) is 0.138. The molecule has 0 aliphatic heterocycles. The van der Waals surface area contributed by atoms with E-state index < -0.39 is 0 Å². The Labute approximate surface area is 155 Å². The van der Waals surface area contributed by atoms with E-state index in [1.807, 2.05) is 54.6 Å². The molecule has 1 N–H and O–H groups in total. The van der Waals surface area contributed by atoms with Crippen molar-refractivity contribution < 1.29 is 14.3 Å². The highest BCUT2D eigenvalue weighted by atomic mass is 35.5. The van der Waals surface area contributed by atoms with Gasteiger partial charge in [0.1, 0.15) is 17.0 Å². The normalized spacial score (nSPS) is 11.0. The van der Waals surface area contributed by atoms with E-state index in [0.29, 0.717) is 34.4 Å². The predicted octanol–water partition coefficient (Wildman–Crippen LogP) is 5.48. The summed E-state index contributed by atoms with van der Waals surface area (Å²) >= 11 is 5.89. The molecule has 5 heteroatoms. The van der Waals surface area contributed by atoms with Gasteiger partial charge in [-0.2, -0.15) is 0 Å². The van der Waals surface area contributed by atoms with E-state index in [4.69, 9.17) is 25.9 Å². The van der Waals surface area contributed by atoms with Crippen molar-refractivity contribution >= 4 is 22.7 Å². The number of aromatic nitrogens is 1. The lowest BCUT2D eigenvalue weighted by atomic mass is 10.1. The van der Waals surface area contributed by atoms with Crippen molar-refractivity contribution in [1.29, 1.82) is 0 Å². The summed E-state index contributed by atoms with van der Waals surface area (Å²) in [6.07, 6.45) is 0.638. The van der Waals surface area contributed by atoms with Gasteiger partial charge in [0.2, 0.25) is 5.89 Å². The molecule has 0 spiro atoms. The highest BCUT2D eigenvalue weighted by molar-refractivity contribution is 6.30. The van der Waals surface area contributed by atoms with Crippen LogP contribution in [0.15, 0.2) is 71.1 Å². The Kier molecular flexibility index (Phi) is 4.61. The molecule has 1 aromatic heterocycles. The third kappa shape index (κ3) is 3.57. The fourth-order valence-corrected chi connectivity index (χ4v) is 2.80. The van der Waals surface area contributed by atoms with Gasteiger partial charge in [-0.15, -0.1) is 0 Å². The molecule has 1 heterocycles. The van der Waals surface area contributed by atoms with Crippen molar-refractivity contribution in [2.24, 2.45) is 0 Å². The van der Waals surface area contributed by atoms with Gasteiger partial charge in [-0.3, -0.25) is 0 Å². The third-order valence-corrected chi connectivity index (χ3v) is 4.26. The Morgan fingerprint density at radius 3 is 2.38 bits per heavy atom. The Hall–Kier alpha value is -2.82. The van der Waals surface area contributed by atoms with Gasteiger partial charge < -0.3 is 14.3 Å². The van der Waals surface area contributed by atoms with Crippen LogP contribution in [-0.2, 0) is 6.42 Å². The maximum absolute atomic E-state index is 9.00. The molecule has 3 aromatic carbocycles. The maximum atomic E-state index is 9.00. The van der Waals surface area contributed by atoms with Gasteiger partial charge in [-0.1, -0.05) is 23.7 Å². The molecule has 0 unspecified atom stereocenters. The monoisotopic (exact) mass is 365 g/mol. The van der Waals surface area contributed by atoms with Crippen LogP contribution in [0.1, 0.15) is 5.56 Å². The molecule has 0 fully saturated rings. The Morgan fingerprint density at radius 1 is 0.923 bits per heavy atom. The van der Waals surface area contributed by atoms with Gasteiger partial charge in [0.25, 0.3) is 0 Å². The third-order valence-electron chi connectivity index (χ3n) is 4.01. The van der Waals surface area contributed by atoms with Crippen LogP contribution in [0.25, 0.3) is 22.6 Å². The minimum absolute atomic E-state index is 0.138. The lowest BCUT2D eigenvalue weighted by molar-refractivity contribution is 0.299. The summed E-state index contributed by atoms with van der Waals surface area (Å²) in [5, 5.41) is 9.66. The fourth-order valence-electron chi connectivity index (χ4n) is 2.67. The molecule has 0 aliphatic carbocycles. The van der Waals surface area contributed by atoms with Gasteiger partial charge in [-0.05, 0) is 60.5 Å². The number of benzene rings is 3. The summed E-state index contributed by atoms with van der Waals surface area (Å²) < 4.78 is 11.7. The molecule has 4 aromatic rings. The van der Waals surface area contributed by atoms with Gasteiger partial charge in [0, 0.05) is 23.3 Å². The minimum atomic E-state index is 0.138. The zero-order valence-electron chi connectivity index (χ0n) is 13.9. The number of halogens is 1. The van der Waals surface area contributed by atoms with Crippen molar-refractivity contribution in [3.05, 3.63) is 77.3 Å². The standard InChI is InChI=1S/C21H16ClNO3/c22-16-5-7-17(8-6-16)25-18-9-10-19-20(13-18)26-21(23-19)15-3-1-14(2-4-15)11-12-24/h1-10,13,24H,11-12H2. The first-order valence-corrected chi connectivity index (χ1v) is 8.63. The zero-order chi connectivity index (χ0) is 17.9. The molecule has 0 saturated heterocycles. The van der Waals surface area contributed by atoms with Gasteiger partial charge in [-0.25, -0.2) is 4.98 Å². The molecule has 4 nitrogen and oxygen atoms in total. The largest absolute Gasteiger partial charge is 0.457 e. The van der Waals surface area contributed by atoms with Crippen LogP contribution in [0.3, 0.4) is 0 Å². The summed E-state index contributed by atoms with van der Waals surface area (Å²) in [6, 6.07) is 20.6. The molecule has 0 saturated carbocycles. The summed E-state index contributed by atoms with van der Waals surface area (Å²) in [7, 11) is 0. The van der Waals surface area contributed by atoms with Crippen LogP contribution < -0.4 is 4.74 Å². The average Bonchev–Trinajstić information content (AvgIpc) is 3.08. The average molecular weight is 366 g/mol. The number of ether oxygens (including phenoxy) is 1. The molecule has 26 heavy (non-hydrogen) atoms. The lowest BCUT2D eigenvalue weighted by Gasteiger charge is -2.04. The number of aliphatic hydroxyl groups is 1. The van der Waals surface area contributed by atoms with Crippen LogP contribution in [0.2, 0.25) is 5.02 Å². The Bertz CT molecular complexity index is 1020.